The number of anilines is 2. The predicted molar refractivity (Wildman–Crippen MR) is 253 cm³/mol. The minimum Gasteiger partial charge on any atom is -0.463 e. The highest BCUT2D eigenvalue weighted by molar-refractivity contribution is 6.44. The number of carbonyl (C=O) groups is 5. The van der Waals surface area contributed by atoms with E-state index in [0.29, 0.717) is 52.7 Å². The molecule has 5 aromatic rings. The quantitative estimate of drug-likeness (QED) is 0.0190. The summed E-state index contributed by atoms with van der Waals surface area (Å²) in [6.45, 7) is 11.4. The zero-order valence-corrected chi connectivity index (χ0v) is 37.3. The number of unbranched alkanes of at least 4 members (excludes halogenated alkanes) is 10. The highest BCUT2D eigenvalue weighted by atomic mass is 16.5. The molecule has 0 bridgehead atoms. The molecule has 1 atom stereocenters. The van der Waals surface area contributed by atoms with Crippen LogP contribution >= 0.6 is 0 Å². The van der Waals surface area contributed by atoms with Crippen LogP contribution in [0.5, 0.6) is 0 Å². The van der Waals surface area contributed by atoms with Crippen LogP contribution in [-0.2, 0) is 9.53 Å². The van der Waals surface area contributed by atoms with Crippen molar-refractivity contribution in [3.63, 3.8) is 0 Å². The molecule has 0 aromatic heterocycles. The fourth-order valence-corrected chi connectivity index (χ4v) is 11.2. The van der Waals surface area contributed by atoms with Gasteiger partial charge >= 0.3 is 5.97 Å². The Kier molecular flexibility index (Phi) is 12.4. The van der Waals surface area contributed by atoms with E-state index < -0.39 is 0 Å². The average molecular weight is 851 g/mol. The summed E-state index contributed by atoms with van der Waals surface area (Å²) in [6, 6.07) is 11.8. The van der Waals surface area contributed by atoms with Gasteiger partial charge < -0.3 is 14.5 Å². The molecule has 330 valence electrons. The van der Waals surface area contributed by atoms with Gasteiger partial charge in [0, 0.05) is 87.5 Å². The van der Waals surface area contributed by atoms with Crippen molar-refractivity contribution in [2.24, 2.45) is 0 Å². The first-order valence-corrected chi connectivity index (χ1v) is 24.1. The molecular weight excluding hydrogens is 789 g/mol. The number of fused-ring (bicyclic) bond motifs is 2. The van der Waals surface area contributed by atoms with Crippen molar-refractivity contribution in [3.8, 4) is 0 Å². The van der Waals surface area contributed by atoms with Crippen LogP contribution in [0.1, 0.15) is 164 Å². The molecule has 9 rings (SSSR count). The maximum atomic E-state index is 14.9. The van der Waals surface area contributed by atoms with Crippen LogP contribution < -0.4 is 9.80 Å². The molecule has 0 saturated carbocycles. The van der Waals surface area contributed by atoms with Crippen LogP contribution in [0.3, 0.4) is 0 Å². The number of ether oxygens (including phenoxy) is 1. The van der Waals surface area contributed by atoms with Gasteiger partial charge in [0.2, 0.25) is 0 Å². The number of nitrogens with zero attached hydrogens (tertiary/aromatic N) is 4. The Balaban J connectivity index is 1.26. The van der Waals surface area contributed by atoms with Crippen LogP contribution in [0.25, 0.3) is 43.1 Å². The Hall–Kier alpha value is -5.51. The smallest absolute Gasteiger partial charge is 0.309 e. The summed E-state index contributed by atoms with van der Waals surface area (Å²) in [6.07, 6.45) is 18.0. The number of esters is 1. The first-order valence-electron chi connectivity index (χ1n) is 24.1. The SMILES string of the molecule is C=CCC(=O)OCC1CCCN1c1cc2c3c(ccc4c5c(N6CCCC6)cc6c7c(ccc(c1c34)c75)C(=O)N(CCCCCCCC)C6=O)C(=O)N(CCCCCCCC)C2=O. The third kappa shape index (κ3) is 7.51. The Morgan fingerprint density at radius 3 is 1.63 bits per heavy atom. The topological polar surface area (TPSA) is 108 Å². The van der Waals surface area contributed by atoms with E-state index in [1.54, 1.807) is 6.08 Å². The van der Waals surface area contributed by atoms with E-state index in [1.165, 1.54) is 22.6 Å². The minimum absolute atomic E-state index is 0.123. The Labute approximate surface area is 370 Å². The van der Waals surface area contributed by atoms with Gasteiger partial charge in [0.05, 0.1) is 23.6 Å². The maximum absolute atomic E-state index is 14.9. The monoisotopic (exact) mass is 850 g/mol. The first kappa shape index (κ1) is 42.8. The largest absolute Gasteiger partial charge is 0.463 e. The number of carbonyl (C=O) groups excluding carboxylic acids is 5. The van der Waals surface area contributed by atoms with Gasteiger partial charge in [0.25, 0.3) is 23.6 Å². The van der Waals surface area contributed by atoms with Gasteiger partial charge in [-0.25, -0.2) is 0 Å². The van der Waals surface area contributed by atoms with Crippen molar-refractivity contribution < 1.29 is 28.7 Å². The van der Waals surface area contributed by atoms with Crippen LogP contribution in [0, 0.1) is 0 Å². The second-order valence-electron chi connectivity index (χ2n) is 18.4. The van der Waals surface area contributed by atoms with Crippen molar-refractivity contribution in [1.82, 2.24) is 9.80 Å². The molecule has 0 radical (unpaired) electrons. The third-order valence-electron chi connectivity index (χ3n) is 14.3. The lowest BCUT2D eigenvalue weighted by atomic mass is 9.80. The second kappa shape index (κ2) is 18.3. The summed E-state index contributed by atoms with van der Waals surface area (Å²) >= 11 is 0. The van der Waals surface area contributed by atoms with E-state index >= 15 is 0 Å². The molecule has 4 heterocycles. The molecule has 0 aliphatic carbocycles. The molecule has 4 aliphatic heterocycles. The lowest BCUT2D eigenvalue weighted by molar-refractivity contribution is -0.143. The normalized spacial score (nSPS) is 17.6. The van der Waals surface area contributed by atoms with Crippen molar-refractivity contribution in [2.45, 2.75) is 129 Å². The van der Waals surface area contributed by atoms with Gasteiger partial charge in [0.1, 0.15) is 6.61 Å². The molecule has 0 spiro atoms. The average Bonchev–Trinajstić information content (AvgIpc) is 4.01. The Morgan fingerprint density at radius 2 is 1.10 bits per heavy atom. The van der Waals surface area contributed by atoms with Gasteiger partial charge in [-0.3, -0.25) is 33.8 Å². The van der Waals surface area contributed by atoms with E-state index in [2.05, 4.69) is 30.2 Å². The van der Waals surface area contributed by atoms with Crippen molar-refractivity contribution in [2.75, 3.05) is 49.1 Å². The number of hydrogen-bond acceptors (Lipinski definition) is 8. The molecule has 2 saturated heterocycles. The molecule has 10 nitrogen and oxygen atoms in total. The highest BCUT2D eigenvalue weighted by Crippen LogP contribution is 2.53. The Bertz CT molecular complexity index is 2630. The molecule has 4 amide bonds. The molecule has 10 heteroatoms. The molecule has 1 unspecified atom stereocenters. The predicted octanol–water partition coefficient (Wildman–Crippen LogP) is 11.3. The van der Waals surface area contributed by atoms with Gasteiger partial charge in [0.15, 0.2) is 0 Å². The van der Waals surface area contributed by atoms with Crippen molar-refractivity contribution in [1.29, 1.82) is 0 Å². The zero-order chi connectivity index (χ0) is 43.8. The summed E-state index contributed by atoms with van der Waals surface area (Å²) in [5, 5.41) is 6.68. The molecular formula is C53H62N4O6. The fourth-order valence-electron chi connectivity index (χ4n) is 11.2. The van der Waals surface area contributed by atoms with Crippen LogP contribution in [-0.4, -0.2) is 84.8 Å². The van der Waals surface area contributed by atoms with Crippen LogP contribution in [0.2, 0.25) is 0 Å². The summed E-state index contributed by atoms with van der Waals surface area (Å²) in [5.41, 5.74) is 3.90. The van der Waals surface area contributed by atoms with Crippen molar-refractivity contribution >= 4 is 84.1 Å². The summed E-state index contributed by atoms with van der Waals surface area (Å²) in [7, 11) is 0. The number of amides is 4. The van der Waals surface area contributed by atoms with Gasteiger partial charge in [-0.1, -0.05) is 96.3 Å². The molecule has 4 aliphatic rings. The molecule has 0 N–H and O–H groups in total. The maximum Gasteiger partial charge on any atom is 0.309 e. The summed E-state index contributed by atoms with van der Waals surface area (Å²) < 4.78 is 5.80. The molecule has 2 fully saturated rings. The highest BCUT2D eigenvalue weighted by Gasteiger charge is 2.40. The number of imide groups is 2. The van der Waals surface area contributed by atoms with Gasteiger partial charge in [-0.2, -0.15) is 0 Å². The lowest BCUT2D eigenvalue weighted by Crippen LogP contribution is -2.41. The Morgan fingerprint density at radius 1 is 0.603 bits per heavy atom. The van der Waals surface area contributed by atoms with Crippen LogP contribution in [0.4, 0.5) is 11.4 Å². The molecule has 63 heavy (non-hydrogen) atoms. The number of benzene rings is 5. The van der Waals surface area contributed by atoms with Gasteiger partial charge in [-0.15, -0.1) is 6.58 Å². The first-order chi connectivity index (χ1) is 30.8. The number of hydrogen-bond donors (Lipinski definition) is 0. The van der Waals surface area contributed by atoms with Gasteiger partial charge in [-0.05, 0) is 73.6 Å². The van der Waals surface area contributed by atoms with E-state index in [9.17, 15) is 24.0 Å². The second-order valence-corrected chi connectivity index (χ2v) is 18.4. The van der Waals surface area contributed by atoms with E-state index in [1.807, 2.05) is 36.4 Å². The van der Waals surface area contributed by atoms with Crippen LogP contribution in [0.15, 0.2) is 49.1 Å². The van der Waals surface area contributed by atoms with E-state index in [4.69, 9.17) is 4.74 Å². The molecule has 5 aromatic carbocycles. The minimum atomic E-state index is -0.333. The zero-order valence-electron chi connectivity index (χ0n) is 37.3. The fraction of sp³-hybridized carbons (Fsp3) is 0.491. The standard InChI is InChI=1S/C53H62N4O6/c1-4-7-9-11-13-15-28-56-50(59)37-25-23-36-47-42(55-30-19-21-34(55)33-63-43(58)20-6-3)32-40-45-38(51(60)57(53(40)62)29-16-14-12-10-8-5-2)24-22-35(49(45)47)46-41(54-26-17-18-27-54)31-39(52(56)61)44(37)48(36)46/h6,22-25,31-32,34H,3-5,7-21,26-30,33H2,1-2H3. The summed E-state index contributed by atoms with van der Waals surface area (Å²) in [4.78, 5) is 78.9. The number of rotatable bonds is 20. The third-order valence-corrected chi connectivity index (χ3v) is 14.3. The van der Waals surface area contributed by atoms with Crippen molar-refractivity contribution in [3.05, 3.63) is 71.3 Å². The van der Waals surface area contributed by atoms with E-state index in [0.717, 1.165) is 147 Å². The van der Waals surface area contributed by atoms with E-state index in [-0.39, 0.29) is 48.7 Å². The summed E-state index contributed by atoms with van der Waals surface area (Å²) in [5.74, 6) is -1.38. The lowest BCUT2D eigenvalue weighted by Gasteiger charge is -2.34.